The van der Waals surface area contributed by atoms with Crippen LogP contribution in [0.3, 0.4) is 0 Å². The Bertz CT molecular complexity index is 504. The molecule has 2 rings (SSSR count). The highest BCUT2D eigenvalue weighted by atomic mass is 35.5. The maximum absolute atomic E-state index is 12.5. The van der Waals surface area contributed by atoms with Crippen molar-refractivity contribution in [1.29, 1.82) is 0 Å². The quantitative estimate of drug-likeness (QED) is 0.792. The molecule has 0 bridgehead atoms. The molecule has 1 fully saturated rings. The normalized spacial score (nSPS) is 15.8. The summed E-state index contributed by atoms with van der Waals surface area (Å²) in [5, 5.41) is 0.387. The van der Waals surface area contributed by atoms with Crippen LogP contribution < -0.4 is 0 Å². The minimum atomic E-state index is -0.119. The van der Waals surface area contributed by atoms with Crippen molar-refractivity contribution >= 4 is 17.5 Å². The van der Waals surface area contributed by atoms with Crippen molar-refractivity contribution in [2.75, 3.05) is 13.6 Å². The van der Waals surface area contributed by atoms with Gasteiger partial charge in [-0.15, -0.1) is 0 Å². The summed E-state index contributed by atoms with van der Waals surface area (Å²) in [5.74, 6) is 0.704. The predicted octanol–water partition coefficient (Wildman–Crippen LogP) is 3.90. The van der Waals surface area contributed by atoms with E-state index < -0.39 is 0 Å². The van der Waals surface area contributed by atoms with Crippen LogP contribution in [0.25, 0.3) is 0 Å². The number of hydrogen-bond acceptors (Lipinski definition) is 2. The molecule has 0 spiro atoms. The lowest BCUT2D eigenvalue weighted by Gasteiger charge is -2.30. The number of hydrogen-bond donors (Lipinski definition) is 0. The largest absolute Gasteiger partial charge is 0.341 e. The van der Waals surface area contributed by atoms with Gasteiger partial charge in [-0.25, -0.2) is 4.98 Å². The second-order valence-corrected chi connectivity index (χ2v) is 7.18. The SMILES string of the molecule is CN(CC1CCC1)C(=O)c1cc(Cl)nc(C(C)(C)C)c1. The minimum Gasteiger partial charge on any atom is -0.341 e. The Morgan fingerprint density at radius 1 is 1.40 bits per heavy atom. The van der Waals surface area contributed by atoms with Crippen molar-refractivity contribution in [3.63, 3.8) is 0 Å². The van der Waals surface area contributed by atoms with Crippen LogP contribution in [0.2, 0.25) is 5.15 Å². The molecule has 1 amide bonds. The van der Waals surface area contributed by atoms with E-state index in [9.17, 15) is 4.79 Å². The third kappa shape index (κ3) is 3.51. The Balaban J connectivity index is 2.18. The number of carbonyl (C=O) groups excluding carboxylic acids is 1. The number of halogens is 1. The van der Waals surface area contributed by atoms with E-state index in [0.717, 1.165) is 12.2 Å². The summed E-state index contributed by atoms with van der Waals surface area (Å²) in [6.45, 7) is 7.04. The molecule has 0 aromatic carbocycles. The number of carbonyl (C=O) groups is 1. The number of pyridine rings is 1. The fourth-order valence-electron chi connectivity index (χ4n) is 2.37. The Labute approximate surface area is 126 Å². The molecular formula is C16H23ClN2O. The molecule has 0 radical (unpaired) electrons. The molecule has 0 aliphatic heterocycles. The van der Waals surface area contributed by atoms with E-state index in [2.05, 4.69) is 25.8 Å². The zero-order chi connectivity index (χ0) is 14.9. The van der Waals surface area contributed by atoms with Gasteiger partial charge in [-0.3, -0.25) is 4.79 Å². The lowest BCUT2D eigenvalue weighted by atomic mass is 9.85. The van der Waals surface area contributed by atoms with Crippen LogP contribution in [-0.4, -0.2) is 29.4 Å². The number of rotatable bonds is 3. The van der Waals surface area contributed by atoms with Gasteiger partial charge in [0.2, 0.25) is 0 Å². The molecule has 1 aromatic rings. The molecular weight excluding hydrogens is 272 g/mol. The number of nitrogens with zero attached hydrogens (tertiary/aromatic N) is 2. The second kappa shape index (κ2) is 5.72. The van der Waals surface area contributed by atoms with Gasteiger partial charge in [-0.05, 0) is 30.9 Å². The molecule has 0 N–H and O–H groups in total. The monoisotopic (exact) mass is 294 g/mol. The van der Waals surface area contributed by atoms with Crippen molar-refractivity contribution in [2.24, 2.45) is 5.92 Å². The molecule has 1 aromatic heterocycles. The molecule has 0 atom stereocenters. The average molecular weight is 295 g/mol. The van der Waals surface area contributed by atoms with Gasteiger partial charge in [0.1, 0.15) is 5.15 Å². The topological polar surface area (TPSA) is 33.2 Å². The maximum Gasteiger partial charge on any atom is 0.253 e. The summed E-state index contributed by atoms with van der Waals surface area (Å²) < 4.78 is 0. The van der Waals surface area contributed by atoms with Crippen LogP contribution in [-0.2, 0) is 5.41 Å². The first-order valence-corrected chi connectivity index (χ1v) is 7.58. The Morgan fingerprint density at radius 3 is 2.55 bits per heavy atom. The Morgan fingerprint density at radius 2 is 2.05 bits per heavy atom. The van der Waals surface area contributed by atoms with Gasteiger partial charge >= 0.3 is 0 Å². The minimum absolute atomic E-state index is 0.0340. The van der Waals surface area contributed by atoms with E-state index in [1.165, 1.54) is 19.3 Å². The van der Waals surface area contributed by atoms with Gasteiger partial charge in [-0.1, -0.05) is 38.8 Å². The van der Waals surface area contributed by atoms with Gasteiger partial charge in [0, 0.05) is 30.3 Å². The Kier molecular flexibility index (Phi) is 4.38. The Hall–Kier alpha value is -1.09. The van der Waals surface area contributed by atoms with Crippen molar-refractivity contribution in [2.45, 2.75) is 45.4 Å². The van der Waals surface area contributed by atoms with E-state index in [1.54, 1.807) is 6.07 Å². The third-order valence-corrected chi connectivity index (χ3v) is 4.11. The van der Waals surface area contributed by atoms with Crippen LogP contribution in [0.4, 0.5) is 0 Å². The first-order chi connectivity index (χ1) is 9.27. The molecule has 1 saturated carbocycles. The predicted molar refractivity (Wildman–Crippen MR) is 82.2 cm³/mol. The molecule has 1 aliphatic rings. The highest BCUT2D eigenvalue weighted by Gasteiger charge is 2.24. The van der Waals surface area contributed by atoms with E-state index in [0.29, 0.717) is 16.6 Å². The van der Waals surface area contributed by atoms with E-state index in [-0.39, 0.29) is 11.3 Å². The van der Waals surface area contributed by atoms with Gasteiger partial charge in [-0.2, -0.15) is 0 Å². The molecule has 110 valence electrons. The van der Waals surface area contributed by atoms with Gasteiger partial charge in [0.25, 0.3) is 5.91 Å². The van der Waals surface area contributed by atoms with Gasteiger partial charge in [0.05, 0.1) is 0 Å². The average Bonchev–Trinajstić information content (AvgIpc) is 2.30. The van der Waals surface area contributed by atoms with Gasteiger partial charge < -0.3 is 4.90 Å². The van der Waals surface area contributed by atoms with E-state index >= 15 is 0 Å². The van der Waals surface area contributed by atoms with Crippen molar-refractivity contribution < 1.29 is 4.79 Å². The summed E-state index contributed by atoms with van der Waals surface area (Å²) in [5.41, 5.74) is 1.37. The van der Waals surface area contributed by atoms with Crippen LogP contribution in [0, 0.1) is 5.92 Å². The molecule has 20 heavy (non-hydrogen) atoms. The van der Waals surface area contributed by atoms with Crippen LogP contribution in [0.15, 0.2) is 12.1 Å². The molecule has 1 aliphatic carbocycles. The maximum atomic E-state index is 12.5. The fraction of sp³-hybridized carbons (Fsp3) is 0.625. The summed E-state index contributed by atoms with van der Waals surface area (Å²) >= 11 is 6.07. The number of amides is 1. The molecule has 4 heteroatoms. The van der Waals surface area contributed by atoms with Crippen LogP contribution in [0.1, 0.15) is 56.1 Å². The lowest BCUT2D eigenvalue weighted by molar-refractivity contribution is 0.0745. The molecule has 1 heterocycles. The standard InChI is InChI=1S/C16H23ClN2O/c1-16(2,3)13-8-12(9-14(17)18-13)15(20)19(4)10-11-6-5-7-11/h8-9,11H,5-7,10H2,1-4H3. The molecule has 0 saturated heterocycles. The van der Waals surface area contributed by atoms with Crippen LogP contribution >= 0.6 is 11.6 Å². The number of aromatic nitrogens is 1. The highest BCUT2D eigenvalue weighted by Crippen LogP contribution is 2.28. The van der Waals surface area contributed by atoms with Crippen molar-refractivity contribution in [3.8, 4) is 0 Å². The van der Waals surface area contributed by atoms with Crippen molar-refractivity contribution in [1.82, 2.24) is 9.88 Å². The molecule has 0 unspecified atom stereocenters. The lowest BCUT2D eigenvalue weighted by Crippen LogP contribution is -2.34. The zero-order valence-electron chi connectivity index (χ0n) is 12.7. The summed E-state index contributed by atoms with van der Waals surface area (Å²) in [4.78, 5) is 18.6. The highest BCUT2D eigenvalue weighted by molar-refractivity contribution is 6.29. The second-order valence-electron chi connectivity index (χ2n) is 6.80. The van der Waals surface area contributed by atoms with Crippen molar-refractivity contribution in [3.05, 3.63) is 28.5 Å². The summed E-state index contributed by atoms with van der Waals surface area (Å²) in [6.07, 6.45) is 3.77. The van der Waals surface area contributed by atoms with E-state index in [4.69, 9.17) is 11.6 Å². The van der Waals surface area contributed by atoms with Crippen LogP contribution in [0.5, 0.6) is 0 Å². The fourth-order valence-corrected chi connectivity index (χ4v) is 2.58. The first kappa shape index (κ1) is 15.3. The van der Waals surface area contributed by atoms with Gasteiger partial charge in [0.15, 0.2) is 0 Å². The smallest absolute Gasteiger partial charge is 0.253 e. The summed E-state index contributed by atoms with van der Waals surface area (Å²) in [6, 6.07) is 3.53. The van der Waals surface area contributed by atoms with E-state index in [1.807, 2.05) is 18.0 Å². The third-order valence-electron chi connectivity index (χ3n) is 3.91. The summed E-state index contributed by atoms with van der Waals surface area (Å²) in [7, 11) is 1.87. The first-order valence-electron chi connectivity index (χ1n) is 7.21. The zero-order valence-corrected chi connectivity index (χ0v) is 13.5. The molecule has 3 nitrogen and oxygen atoms in total.